The van der Waals surface area contributed by atoms with Crippen LogP contribution < -0.4 is 14.2 Å². The van der Waals surface area contributed by atoms with Crippen molar-refractivity contribution in [2.75, 3.05) is 21.3 Å². The highest BCUT2D eigenvalue weighted by Crippen LogP contribution is 2.37. The quantitative estimate of drug-likeness (QED) is 0.255. The third kappa shape index (κ3) is 12.2. The Morgan fingerprint density at radius 2 is 0.949 bits per heavy atom. The number of ether oxygens (including phenoxy) is 3. The van der Waals surface area contributed by atoms with E-state index in [2.05, 4.69) is 32.9 Å². The van der Waals surface area contributed by atoms with Crippen LogP contribution in [0.1, 0.15) is 56.7 Å². The predicted octanol–water partition coefficient (Wildman–Crippen LogP) is 8.47. The van der Waals surface area contributed by atoms with Gasteiger partial charge in [0.1, 0.15) is 5.75 Å². The fourth-order valence-electron chi connectivity index (χ4n) is 3.16. The lowest BCUT2D eigenvalue weighted by atomic mass is 10.1. The number of phenols is 3. The fourth-order valence-corrected chi connectivity index (χ4v) is 3.16. The molecular weight excluding hydrogens is 492 g/mol. The molecule has 3 rings (SSSR count). The lowest BCUT2D eigenvalue weighted by Gasteiger charge is -2.09. The molecule has 0 heterocycles. The average Bonchev–Trinajstić information content (AvgIpc) is 2.96. The maximum Gasteiger partial charge on any atom is 0.200 e. The normalized spacial score (nSPS) is 10.6. The summed E-state index contributed by atoms with van der Waals surface area (Å²) in [6.07, 6.45) is 15.2. The van der Waals surface area contributed by atoms with E-state index in [4.69, 9.17) is 19.3 Å². The Kier molecular flexibility index (Phi) is 15.8. The molecule has 210 valence electrons. The number of hydrogen-bond donors (Lipinski definition) is 3. The summed E-state index contributed by atoms with van der Waals surface area (Å²) in [6, 6.07) is 16.0. The first-order chi connectivity index (χ1) is 18.8. The molecule has 0 saturated heterocycles. The molecule has 0 unspecified atom stereocenters. The van der Waals surface area contributed by atoms with Gasteiger partial charge in [0.25, 0.3) is 0 Å². The van der Waals surface area contributed by atoms with Crippen molar-refractivity contribution in [1.29, 1.82) is 0 Å². The van der Waals surface area contributed by atoms with Gasteiger partial charge in [0.2, 0.25) is 5.75 Å². The Morgan fingerprint density at radius 1 is 0.538 bits per heavy atom. The van der Waals surface area contributed by atoms with Crippen LogP contribution in [0.5, 0.6) is 34.5 Å². The SMILES string of the molecule is CC/C=C/c1cc(OC)c(O)c(OC)c1.CC/C=C/c1ccc(O)c(OC)c1.CC/C=C/c1ccc(O)cc1. The first-order valence-electron chi connectivity index (χ1n) is 12.9. The van der Waals surface area contributed by atoms with Crippen LogP contribution in [0.15, 0.2) is 72.8 Å². The largest absolute Gasteiger partial charge is 0.508 e. The molecule has 3 N–H and O–H groups in total. The van der Waals surface area contributed by atoms with Gasteiger partial charge in [-0.3, -0.25) is 0 Å². The molecule has 6 heteroatoms. The second-order valence-electron chi connectivity index (χ2n) is 8.23. The number of benzene rings is 3. The summed E-state index contributed by atoms with van der Waals surface area (Å²) < 4.78 is 15.1. The summed E-state index contributed by atoms with van der Waals surface area (Å²) in [5.41, 5.74) is 3.12. The van der Waals surface area contributed by atoms with E-state index in [0.29, 0.717) is 23.0 Å². The lowest BCUT2D eigenvalue weighted by Crippen LogP contribution is -1.90. The number of allylic oxidation sites excluding steroid dienone is 3. The molecule has 0 amide bonds. The van der Waals surface area contributed by atoms with Crippen LogP contribution in [0, 0.1) is 0 Å². The van der Waals surface area contributed by atoms with E-state index in [0.717, 1.165) is 36.0 Å². The molecule has 0 aliphatic rings. The molecule has 0 bridgehead atoms. The van der Waals surface area contributed by atoms with Gasteiger partial charge in [-0.25, -0.2) is 0 Å². The molecule has 39 heavy (non-hydrogen) atoms. The first kappa shape index (κ1) is 32.7. The van der Waals surface area contributed by atoms with E-state index in [1.54, 1.807) is 37.4 Å². The molecule has 0 spiro atoms. The van der Waals surface area contributed by atoms with Crippen molar-refractivity contribution in [1.82, 2.24) is 0 Å². The van der Waals surface area contributed by atoms with Gasteiger partial charge >= 0.3 is 0 Å². The first-order valence-corrected chi connectivity index (χ1v) is 12.9. The average molecular weight is 535 g/mol. The summed E-state index contributed by atoms with van der Waals surface area (Å²) in [4.78, 5) is 0. The standard InChI is InChI=1S/C12H16O3.C11H14O2.C10H12O/c1-4-5-6-9-7-10(14-2)12(13)11(8-9)15-3;1-3-4-5-9-6-7-10(12)11(8-9)13-2;1-2-3-4-9-5-7-10(11)8-6-9/h5-8,13H,4H2,1-3H3;4-8,12H,3H2,1-2H3;3-8,11H,2H2,1H3/b6-5+;5-4+;4-3+. The van der Waals surface area contributed by atoms with Gasteiger partial charge in [-0.1, -0.05) is 75.4 Å². The fraction of sp³-hybridized carbons (Fsp3) is 0.273. The van der Waals surface area contributed by atoms with Crippen LogP contribution in [0.2, 0.25) is 0 Å². The van der Waals surface area contributed by atoms with Crippen molar-refractivity contribution in [3.8, 4) is 34.5 Å². The molecule has 0 aromatic heterocycles. The van der Waals surface area contributed by atoms with Crippen molar-refractivity contribution >= 4 is 18.2 Å². The van der Waals surface area contributed by atoms with Crippen molar-refractivity contribution in [3.63, 3.8) is 0 Å². The minimum absolute atomic E-state index is 0.0358. The van der Waals surface area contributed by atoms with Gasteiger partial charge in [0.15, 0.2) is 23.0 Å². The monoisotopic (exact) mass is 534 g/mol. The summed E-state index contributed by atoms with van der Waals surface area (Å²) in [7, 11) is 4.58. The Labute approximate surface area is 233 Å². The Bertz CT molecular complexity index is 1170. The summed E-state index contributed by atoms with van der Waals surface area (Å²) >= 11 is 0. The molecule has 0 radical (unpaired) electrons. The third-order valence-electron chi connectivity index (χ3n) is 5.24. The van der Waals surface area contributed by atoms with Gasteiger partial charge in [0.05, 0.1) is 21.3 Å². The van der Waals surface area contributed by atoms with E-state index in [9.17, 15) is 10.2 Å². The molecule has 0 aliphatic heterocycles. The van der Waals surface area contributed by atoms with Crippen molar-refractivity contribution in [3.05, 3.63) is 89.5 Å². The predicted molar refractivity (Wildman–Crippen MR) is 162 cm³/mol. The minimum atomic E-state index is 0.0358. The van der Waals surface area contributed by atoms with Gasteiger partial charge in [0, 0.05) is 0 Å². The van der Waals surface area contributed by atoms with E-state index < -0.39 is 0 Å². The van der Waals surface area contributed by atoms with Crippen LogP contribution in [0.25, 0.3) is 18.2 Å². The van der Waals surface area contributed by atoms with Gasteiger partial charge in [-0.2, -0.15) is 0 Å². The molecular formula is C33H42O6. The highest BCUT2D eigenvalue weighted by Gasteiger charge is 2.09. The van der Waals surface area contributed by atoms with Crippen LogP contribution in [0.4, 0.5) is 0 Å². The van der Waals surface area contributed by atoms with E-state index in [-0.39, 0.29) is 11.5 Å². The number of rotatable bonds is 9. The zero-order valence-electron chi connectivity index (χ0n) is 23.8. The Morgan fingerprint density at radius 3 is 1.41 bits per heavy atom. The zero-order chi connectivity index (χ0) is 29.0. The molecule has 0 saturated carbocycles. The van der Waals surface area contributed by atoms with Gasteiger partial charge < -0.3 is 29.5 Å². The summed E-state index contributed by atoms with van der Waals surface area (Å²) in [5, 5.41) is 27.9. The number of hydrogen-bond acceptors (Lipinski definition) is 6. The zero-order valence-corrected chi connectivity index (χ0v) is 23.8. The molecule has 3 aromatic carbocycles. The number of phenolic OH excluding ortho intramolecular Hbond substituents is 3. The second-order valence-corrected chi connectivity index (χ2v) is 8.23. The van der Waals surface area contributed by atoms with Gasteiger partial charge in [-0.05, 0) is 72.4 Å². The van der Waals surface area contributed by atoms with E-state index >= 15 is 0 Å². The number of aromatic hydroxyl groups is 3. The molecule has 0 aliphatic carbocycles. The molecule has 6 nitrogen and oxygen atoms in total. The maximum atomic E-state index is 9.66. The minimum Gasteiger partial charge on any atom is -0.508 e. The Balaban J connectivity index is 0.000000296. The number of methoxy groups -OCH3 is 3. The second kappa shape index (κ2) is 18.9. The highest BCUT2D eigenvalue weighted by atomic mass is 16.5. The molecule has 0 fully saturated rings. The third-order valence-corrected chi connectivity index (χ3v) is 5.24. The lowest BCUT2D eigenvalue weighted by molar-refractivity contribution is 0.340. The smallest absolute Gasteiger partial charge is 0.200 e. The van der Waals surface area contributed by atoms with Gasteiger partial charge in [-0.15, -0.1) is 0 Å². The van der Waals surface area contributed by atoms with E-state index in [1.165, 1.54) is 14.2 Å². The van der Waals surface area contributed by atoms with Crippen LogP contribution >= 0.6 is 0 Å². The topological polar surface area (TPSA) is 88.4 Å². The summed E-state index contributed by atoms with van der Waals surface area (Å²) in [5.74, 6) is 1.89. The van der Waals surface area contributed by atoms with E-state index in [1.807, 2.05) is 48.6 Å². The summed E-state index contributed by atoms with van der Waals surface area (Å²) in [6.45, 7) is 6.23. The highest BCUT2D eigenvalue weighted by molar-refractivity contribution is 5.61. The Hall–Kier alpha value is -4.32. The van der Waals surface area contributed by atoms with Crippen LogP contribution in [-0.4, -0.2) is 36.6 Å². The molecule has 0 atom stereocenters. The molecule has 3 aromatic rings. The van der Waals surface area contributed by atoms with Crippen molar-refractivity contribution in [2.24, 2.45) is 0 Å². The van der Waals surface area contributed by atoms with Crippen LogP contribution in [0.3, 0.4) is 0 Å². The van der Waals surface area contributed by atoms with Crippen LogP contribution in [-0.2, 0) is 0 Å². The van der Waals surface area contributed by atoms with Crippen molar-refractivity contribution in [2.45, 2.75) is 40.0 Å². The maximum absolute atomic E-state index is 9.66. The van der Waals surface area contributed by atoms with Crippen molar-refractivity contribution < 1.29 is 29.5 Å².